The quantitative estimate of drug-likeness (QED) is 0.664. The van der Waals surface area contributed by atoms with Gasteiger partial charge in [0, 0.05) is 11.1 Å². The number of nitrogens with two attached hydrogens (primary N) is 1. The Morgan fingerprint density at radius 2 is 1.76 bits per heavy atom. The van der Waals surface area contributed by atoms with Crippen molar-refractivity contribution in [2.75, 3.05) is 6.54 Å². The number of ketones is 1. The minimum absolute atomic E-state index is 0.270. The summed E-state index contributed by atoms with van der Waals surface area (Å²) in [5, 5.41) is 0. The van der Waals surface area contributed by atoms with E-state index in [1.165, 1.54) is 0 Å². The number of alkyl halides is 5. The van der Waals surface area contributed by atoms with Gasteiger partial charge in [-0.1, -0.05) is 18.2 Å². The molecule has 1 rings (SSSR count). The zero-order valence-corrected chi connectivity index (χ0v) is 8.39. The number of halogens is 5. The second-order valence-corrected chi connectivity index (χ2v) is 3.28. The van der Waals surface area contributed by atoms with Crippen LogP contribution in [0.25, 0.3) is 0 Å². The first-order valence-electron chi connectivity index (χ1n) is 4.48. The van der Waals surface area contributed by atoms with Gasteiger partial charge in [-0.25, -0.2) is 0 Å². The lowest BCUT2D eigenvalue weighted by molar-refractivity contribution is -0.289. The predicted molar refractivity (Wildman–Crippen MR) is 49.8 cm³/mol. The number of carbonyl (C=O) groups is 1. The average Bonchev–Trinajstić information content (AvgIpc) is 2.26. The molecule has 2 N–H and O–H groups in total. The van der Waals surface area contributed by atoms with Gasteiger partial charge in [0.05, 0.1) is 6.54 Å². The molecule has 0 aliphatic carbocycles. The smallest absolute Gasteiger partial charge is 0.324 e. The molecule has 0 bridgehead atoms. The summed E-state index contributed by atoms with van der Waals surface area (Å²) < 4.78 is 62.1. The van der Waals surface area contributed by atoms with Gasteiger partial charge in [-0.05, 0) is 6.07 Å². The van der Waals surface area contributed by atoms with Crippen molar-refractivity contribution in [1.82, 2.24) is 0 Å². The molecule has 0 aromatic heterocycles. The van der Waals surface area contributed by atoms with Crippen molar-refractivity contribution < 1.29 is 26.7 Å². The van der Waals surface area contributed by atoms with E-state index in [4.69, 9.17) is 5.73 Å². The summed E-state index contributed by atoms with van der Waals surface area (Å²) in [6, 6.07) is 3.20. The lowest BCUT2D eigenvalue weighted by Gasteiger charge is -2.20. The monoisotopic (exact) mass is 253 g/mol. The molecule has 0 aliphatic heterocycles. The highest BCUT2D eigenvalue weighted by molar-refractivity contribution is 5.97. The SMILES string of the molecule is NCC(=O)c1cccc(C(F)(F)C(F)(F)F)c1. The van der Waals surface area contributed by atoms with Crippen LogP contribution in [0.3, 0.4) is 0 Å². The Balaban J connectivity index is 3.21. The van der Waals surface area contributed by atoms with Crippen molar-refractivity contribution in [2.24, 2.45) is 5.73 Å². The summed E-state index contributed by atoms with van der Waals surface area (Å²) in [7, 11) is 0. The second kappa shape index (κ2) is 4.40. The van der Waals surface area contributed by atoms with Gasteiger partial charge in [0.1, 0.15) is 0 Å². The molecule has 94 valence electrons. The minimum Gasteiger partial charge on any atom is -0.324 e. The van der Waals surface area contributed by atoms with E-state index in [0.29, 0.717) is 12.1 Å². The van der Waals surface area contributed by atoms with Crippen LogP contribution < -0.4 is 5.73 Å². The Morgan fingerprint density at radius 1 is 1.18 bits per heavy atom. The molecule has 17 heavy (non-hydrogen) atoms. The van der Waals surface area contributed by atoms with Crippen LogP contribution in [0, 0.1) is 0 Å². The van der Waals surface area contributed by atoms with E-state index in [1.807, 2.05) is 0 Å². The topological polar surface area (TPSA) is 43.1 Å². The van der Waals surface area contributed by atoms with E-state index in [0.717, 1.165) is 12.1 Å². The third-order valence-corrected chi connectivity index (χ3v) is 2.09. The molecule has 1 aromatic rings. The number of Topliss-reactive ketones (excluding diaryl/α,β-unsaturated/α-hetero) is 1. The van der Waals surface area contributed by atoms with Crippen LogP contribution in [0.2, 0.25) is 0 Å². The molecule has 0 amide bonds. The van der Waals surface area contributed by atoms with E-state index in [9.17, 15) is 26.7 Å². The first kappa shape index (κ1) is 13.6. The molecule has 7 heteroatoms. The second-order valence-electron chi connectivity index (χ2n) is 3.28. The van der Waals surface area contributed by atoms with Crippen LogP contribution >= 0.6 is 0 Å². The molecule has 0 radical (unpaired) electrons. The van der Waals surface area contributed by atoms with Crippen LogP contribution in [0.5, 0.6) is 0 Å². The molecule has 0 saturated heterocycles. The number of hydrogen-bond donors (Lipinski definition) is 1. The average molecular weight is 253 g/mol. The van der Waals surface area contributed by atoms with Gasteiger partial charge in [-0.2, -0.15) is 22.0 Å². The van der Waals surface area contributed by atoms with E-state index in [1.54, 1.807) is 0 Å². The summed E-state index contributed by atoms with van der Waals surface area (Å²) in [6.45, 7) is -0.457. The molecule has 0 heterocycles. The Bertz CT molecular complexity index is 427. The molecule has 0 fully saturated rings. The molecule has 0 saturated carbocycles. The number of hydrogen-bond acceptors (Lipinski definition) is 2. The molecule has 0 aliphatic rings. The fourth-order valence-electron chi connectivity index (χ4n) is 1.17. The Labute approximate surface area is 93.2 Å². The Morgan fingerprint density at radius 3 is 2.24 bits per heavy atom. The summed E-state index contributed by atoms with van der Waals surface area (Å²) in [4.78, 5) is 11.1. The van der Waals surface area contributed by atoms with Crippen molar-refractivity contribution in [3.05, 3.63) is 35.4 Å². The number of benzene rings is 1. The van der Waals surface area contributed by atoms with Crippen molar-refractivity contribution in [2.45, 2.75) is 12.1 Å². The number of carbonyl (C=O) groups excluding carboxylic acids is 1. The lowest BCUT2D eigenvalue weighted by Crippen LogP contribution is -2.33. The predicted octanol–water partition coefficient (Wildman–Crippen LogP) is 2.48. The first-order chi connectivity index (χ1) is 7.70. The van der Waals surface area contributed by atoms with E-state index < -0.39 is 30.0 Å². The molecule has 1 aromatic carbocycles. The molecular weight excluding hydrogens is 245 g/mol. The van der Waals surface area contributed by atoms with Crippen LogP contribution in [0.15, 0.2) is 24.3 Å². The Kier molecular flexibility index (Phi) is 3.51. The van der Waals surface area contributed by atoms with E-state index >= 15 is 0 Å². The largest absolute Gasteiger partial charge is 0.458 e. The highest BCUT2D eigenvalue weighted by atomic mass is 19.4. The van der Waals surface area contributed by atoms with Gasteiger partial charge >= 0.3 is 12.1 Å². The lowest BCUT2D eigenvalue weighted by atomic mass is 10.0. The molecule has 0 unspecified atom stereocenters. The summed E-state index contributed by atoms with van der Waals surface area (Å²) >= 11 is 0. The third-order valence-electron chi connectivity index (χ3n) is 2.09. The van der Waals surface area contributed by atoms with E-state index in [-0.39, 0.29) is 5.56 Å². The zero-order valence-electron chi connectivity index (χ0n) is 8.39. The van der Waals surface area contributed by atoms with Crippen LogP contribution in [-0.4, -0.2) is 18.5 Å². The van der Waals surface area contributed by atoms with Crippen LogP contribution in [-0.2, 0) is 5.92 Å². The highest BCUT2D eigenvalue weighted by Crippen LogP contribution is 2.43. The molecule has 0 spiro atoms. The maximum Gasteiger partial charge on any atom is 0.458 e. The van der Waals surface area contributed by atoms with Crippen molar-refractivity contribution in [1.29, 1.82) is 0 Å². The van der Waals surface area contributed by atoms with Gasteiger partial charge in [0.25, 0.3) is 0 Å². The summed E-state index contributed by atoms with van der Waals surface area (Å²) in [6.07, 6.45) is -5.70. The normalized spacial score (nSPS) is 12.6. The molecule has 2 nitrogen and oxygen atoms in total. The molecular formula is C10H8F5NO. The van der Waals surface area contributed by atoms with Gasteiger partial charge in [-0.15, -0.1) is 0 Å². The zero-order chi connectivity index (χ0) is 13.3. The first-order valence-corrected chi connectivity index (χ1v) is 4.48. The van der Waals surface area contributed by atoms with Crippen LogP contribution in [0.1, 0.15) is 15.9 Å². The van der Waals surface area contributed by atoms with Crippen LogP contribution in [0.4, 0.5) is 22.0 Å². The van der Waals surface area contributed by atoms with Gasteiger partial charge in [0.15, 0.2) is 5.78 Å². The standard InChI is InChI=1S/C10H8F5NO/c11-9(12,10(13,14)15)7-3-1-2-6(4-7)8(17)5-16/h1-4H,5,16H2. The van der Waals surface area contributed by atoms with Crippen molar-refractivity contribution in [3.63, 3.8) is 0 Å². The maximum absolute atomic E-state index is 12.9. The number of rotatable bonds is 3. The minimum atomic E-state index is -5.70. The summed E-state index contributed by atoms with van der Waals surface area (Å²) in [5.41, 5.74) is 3.45. The fourth-order valence-corrected chi connectivity index (χ4v) is 1.17. The fraction of sp³-hybridized carbons (Fsp3) is 0.300. The summed E-state index contributed by atoms with van der Waals surface area (Å²) in [5.74, 6) is -5.69. The van der Waals surface area contributed by atoms with Crippen molar-refractivity contribution in [3.8, 4) is 0 Å². The third kappa shape index (κ3) is 2.60. The maximum atomic E-state index is 12.9. The van der Waals surface area contributed by atoms with E-state index in [2.05, 4.69) is 0 Å². The van der Waals surface area contributed by atoms with Gasteiger partial charge in [-0.3, -0.25) is 4.79 Å². The van der Waals surface area contributed by atoms with Gasteiger partial charge < -0.3 is 5.73 Å². The Hall–Kier alpha value is -1.50. The highest BCUT2D eigenvalue weighted by Gasteiger charge is 2.58. The van der Waals surface area contributed by atoms with Crippen molar-refractivity contribution >= 4 is 5.78 Å². The molecule has 0 atom stereocenters. The van der Waals surface area contributed by atoms with Gasteiger partial charge in [0.2, 0.25) is 0 Å².